The normalized spacial score (nSPS) is 18.9. The van der Waals surface area contributed by atoms with Crippen LogP contribution in [0.1, 0.15) is 25.8 Å². The highest BCUT2D eigenvalue weighted by atomic mass is 19.1. The van der Waals surface area contributed by atoms with E-state index in [2.05, 4.69) is 34.2 Å². The Morgan fingerprint density at radius 3 is 2.69 bits per heavy atom. The molecular weight excluding hydrogens is 335 g/mol. The van der Waals surface area contributed by atoms with Crippen LogP contribution in [0.15, 0.2) is 30.6 Å². The molecule has 3 rings (SSSR count). The van der Waals surface area contributed by atoms with Crippen LogP contribution in [0, 0.1) is 11.7 Å². The maximum atomic E-state index is 13.2. The number of tetrazole rings is 1. The summed E-state index contributed by atoms with van der Waals surface area (Å²) in [7, 11) is 0. The molecule has 2 heterocycles. The fraction of sp³-hybridized carbons (Fsp3) is 0.556. The number of halogens is 1. The average Bonchev–Trinajstić information content (AvgIpc) is 3.02. The zero-order valence-corrected chi connectivity index (χ0v) is 15.3. The Morgan fingerprint density at radius 2 is 2.04 bits per heavy atom. The van der Waals surface area contributed by atoms with Crippen LogP contribution in [0.3, 0.4) is 0 Å². The fourth-order valence-corrected chi connectivity index (χ4v) is 3.42. The maximum absolute atomic E-state index is 13.2. The van der Waals surface area contributed by atoms with Gasteiger partial charge in [0.1, 0.15) is 12.4 Å². The van der Waals surface area contributed by atoms with Crippen molar-refractivity contribution in [2.45, 2.75) is 39.4 Å². The summed E-state index contributed by atoms with van der Waals surface area (Å²) in [6.45, 7) is 7.53. The molecule has 0 N–H and O–H groups in total. The van der Waals surface area contributed by atoms with Crippen LogP contribution < -0.4 is 0 Å². The summed E-state index contributed by atoms with van der Waals surface area (Å²) >= 11 is 0. The van der Waals surface area contributed by atoms with Crippen molar-refractivity contribution in [1.82, 2.24) is 30.0 Å². The summed E-state index contributed by atoms with van der Waals surface area (Å²) < 4.78 is 13.2. The molecule has 8 heteroatoms. The number of carbonyl (C=O) groups is 1. The van der Waals surface area contributed by atoms with Gasteiger partial charge in [-0.05, 0) is 35.2 Å². The summed E-state index contributed by atoms with van der Waals surface area (Å²) in [5.41, 5.74) is 1.09. The molecule has 1 aromatic carbocycles. The van der Waals surface area contributed by atoms with Gasteiger partial charge in [-0.25, -0.2) is 4.39 Å². The highest BCUT2D eigenvalue weighted by molar-refractivity contribution is 5.75. The van der Waals surface area contributed by atoms with Crippen molar-refractivity contribution in [3.05, 3.63) is 42.0 Å². The number of hydrogen-bond donors (Lipinski definition) is 0. The van der Waals surface area contributed by atoms with E-state index in [0.29, 0.717) is 12.5 Å². The quantitative estimate of drug-likeness (QED) is 0.810. The van der Waals surface area contributed by atoms with Gasteiger partial charge in [-0.15, -0.1) is 10.2 Å². The van der Waals surface area contributed by atoms with Gasteiger partial charge in [0.05, 0.1) is 0 Å². The Kier molecular flexibility index (Phi) is 5.92. The third-order valence-electron chi connectivity index (χ3n) is 4.84. The second kappa shape index (κ2) is 8.35. The molecule has 0 radical (unpaired) electrons. The first-order chi connectivity index (χ1) is 12.5. The predicted octanol–water partition coefficient (Wildman–Crippen LogP) is 1.57. The van der Waals surface area contributed by atoms with Gasteiger partial charge in [0, 0.05) is 32.2 Å². The maximum Gasteiger partial charge on any atom is 0.246 e. The Bertz CT molecular complexity index is 703. The summed E-state index contributed by atoms with van der Waals surface area (Å²) in [5, 5.41) is 11.3. The van der Waals surface area contributed by atoms with E-state index < -0.39 is 0 Å². The van der Waals surface area contributed by atoms with Gasteiger partial charge in [-0.2, -0.15) is 4.80 Å². The van der Waals surface area contributed by atoms with E-state index >= 15 is 0 Å². The second-order valence-electron chi connectivity index (χ2n) is 7.07. The first-order valence-corrected chi connectivity index (χ1v) is 9.00. The van der Waals surface area contributed by atoms with Crippen molar-refractivity contribution >= 4 is 5.91 Å². The Morgan fingerprint density at radius 1 is 1.27 bits per heavy atom. The lowest BCUT2D eigenvalue weighted by molar-refractivity contribution is -0.132. The minimum atomic E-state index is -0.219. The molecule has 7 nitrogen and oxygen atoms in total. The van der Waals surface area contributed by atoms with Gasteiger partial charge in [0.25, 0.3) is 0 Å². The van der Waals surface area contributed by atoms with Gasteiger partial charge >= 0.3 is 0 Å². The zero-order chi connectivity index (χ0) is 18.5. The van der Waals surface area contributed by atoms with Crippen molar-refractivity contribution < 1.29 is 9.18 Å². The lowest BCUT2D eigenvalue weighted by Gasteiger charge is -2.34. The van der Waals surface area contributed by atoms with E-state index in [4.69, 9.17) is 0 Å². The Balaban J connectivity index is 1.68. The first-order valence-electron chi connectivity index (χ1n) is 9.00. The number of nitrogens with zero attached hydrogens (tertiary/aromatic N) is 6. The fourth-order valence-electron chi connectivity index (χ4n) is 3.42. The van der Waals surface area contributed by atoms with E-state index in [1.807, 2.05) is 17.0 Å². The van der Waals surface area contributed by atoms with Crippen LogP contribution >= 0.6 is 0 Å². The number of aromatic nitrogens is 4. The number of carbonyl (C=O) groups excluding carboxylic acids is 1. The van der Waals surface area contributed by atoms with Crippen LogP contribution in [0.2, 0.25) is 0 Å². The molecule has 1 amide bonds. The number of rotatable bonds is 5. The van der Waals surface area contributed by atoms with Gasteiger partial charge in [0.15, 0.2) is 6.33 Å². The smallest absolute Gasteiger partial charge is 0.246 e. The summed E-state index contributed by atoms with van der Waals surface area (Å²) in [4.78, 5) is 18.2. The SMILES string of the molecule is CC(C)[C@@H]1CN(C(=O)Cn2ncnn2)CCCN1Cc1ccc(F)cc1. The van der Waals surface area contributed by atoms with Gasteiger partial charge in [-0.3, -0.25) is 9.69 Å². The number of benzene rings is 1. The molecule has 1 saturated heterocycles. The average molecular weight is 360 g/mol. The molecule has 1 aliphatic heterocycles. The van der Waals surface area contributed by atoms with Gasteiger partial charge < -0.3 is 4.90 Å². The molecule has 0 aliphatic carbocycles. The zero-order valence-electron chi connectivity index (χ0n) is 15.3. The van der Waals surface area contributed by atoms with Crippen molar-refractivity contribution in [3.8, 4) is 0 Å². The van der Waals surface area contributed by atoms with Gasteiger partial charge in [-0.1, -0.05) is 26.0 Å². The first kappa shape index (κ1) is 18.4. The van der Waals surface area contributed by atoms with E-state index in [1.165, 1.54) is 23.3 Å². The molecule has 26 heavy (non-hydrogen) atoms. The van der Waals surface area contributed by atoms with Crippen LogP contribution in [0.25, 0.3) is 0 Å². The van der Waals surface area contributed by atoms with Crippen molar-refractivity contribution in [2.75, 3.05) is 19.6 Å². The minimum Gasteiger partial charge on any atom is -0.339 e. The van der Waals surface area contributed by atoms with Crippen molar-refractivity contribution in [2.24, 2.45) is 5.92 Å². The Hall–Kier alpha value is -2.35. The molecule has 1 aromatic heterocycles. The number of amides is 1. The molecule has 1 fully saturated rings. The molecule has 1 aliphatic rings. The molecule has 0 bridgehead atoms. The second-order valence-corrected chi connectivity index (χ2v) is 7.07. The minimum absolute atomic E-state index is 0.0114. The topological polar surface area (TPSA) is 67.2 Å². The van der Waals surface area contributed by atoms with Crippen molar-refractivity contribution in [1.29, 1.82) is 0 Å². The predicted molar refractivity (Wildman–Crippen MR) is 94.5 cm³/mol. The standard InChI is InChI=1S/C18H25FN6O/c1-14(2)17-11-24(18(26)12-25-21-13-20-22-25)9-3-8-23(17)10-15-4-6-16(19)7-5-15/h4-7,13-14,17H,3,8-12H2,1-2H3/t17-/m0/s1. The van der Waals surface area contributed by atoms with E-state index in [9.17, 15) is 9.18 Å². The van der Waals surface area contributed by atoms with Gasteiger partial charge in [0.2, 0.25) is 5.91 Å². The van der Waals surface area contributed by atoms with Crippen LogP contribution in [-0.2, 0) is 17.9 Å². The third kappa shape index (κ3) is 4.63. The molecule has 140 valence electrons. The molecule has 2 aromatic rings. The largest absolute Gasteiger partial charge is 0.339 e. The van der Waals surface area contributed by atoms with Crippen LogP contribution in [0.5, 0.6) is 0 Å². The molecule has 0 unspecified atom stereocenters. The van der Waals surface area contributed by atoms with Crippen molar-refractivity contribution in [3.63, 3.8) is 0 Å². The van der Waals surface area contributed by atoms with E-state index in [-0.39, 0.29) is 24.3 Å². The van der Waals surface area contributed by atoms with Crippen LogP contribution in [-0.4, -0.2) is 61.6 Å². The molecule has 1 atom stereocenters. The number of hydrogen-bond acceptors (Lipinski definition) is 5. The Labute approximate surface area is 152 Å². The summed E-state index contributed by atoms with van der Waals surface area (Å²) in [6.07, 6.45) is 2.23. The van der Waals surface area contributed by atoms with E-state index in [0.717, 1.165) is 31.6 Å². The van der Waals surface area contributed by atoms with E-state index in [1.54, 1.807) is 0 Å². The summed E-state index contributed by atoms with van der Waals surface area (Å²) in [6, 6.07) is 6.90. The molecule has 0 saturated carbocycles. The highest BCUT2D eigenvalue weighted by Gasteiger charge is 2.29. The lowest BCUT2D eigenvalue weighted by atomic mass is 10.0. The summed E-state index contributed by atoms with van der Waals surface area (Å²) in [5.74, 6) is 0.189. The highest BCUT2D eigenvalue weighted by Crippen LogP contribution is 2.20. The lowest BCUT2D eigenvalue weighted by Crippen LogP contribution is -2.46. The monoisotopic (exact) mass is 360 g/mol. The molecular formula is C18H25FN6O. The van der Waals surface area contributed by atoms with Crippen LogP contribution in [0.4, 0.5) is 4.39 Å². The third-order valence-corrected chi connectivity index (χ3v) is 4.84. The molecule has 0 spiro atoms.